The molecule has 0 aromatic rings. The van der Waals surface area contributed by atoms with Crippen molar-refractivity contribution in [1.82, 2.24) is 5.32 Å². The molecule has 0 aromatic heterocycles. The minimum absolute atomic E-state index is 0.0615. The van der Waals surface area contributed by atoms with E-state index in [2.05, 4.69) is 16.4 Å². The van der Waals surface area contributed by atoms with Gasteiger partial charge in [0.25, 0.3) is 0 Å². The lowest BCUT2D eigenvalue weighted by Gasteiger charge is -2.19. The largest absolute Gasteiger partial charge is 0.409 e. The third-order valence-electron chi connectivity index (χ3n) is 2.12. The van der Waals surface area contributed by atoms with E-state index in [1.807, 2.05) is 13.8 Å². The van der Waals surface area contributed by atoms with Gasteiger partial charge in [-0.1, -0.05) is 24.9 Å². The summed E-state index contributed by atoms with van der Waals surface area (Å²) in [5.41, 5.74) is 5.42. The van der Waals surface area contributed by atoms with Crippen molar-refractivity contribution in [3.05, 3.63) is 0 Å². The minimum Gasteiger partial charge on any atom is -0.409 e. The van der Waals surface area contributed by atoms with Gasteiger partial charge in [0.05, 0.1) is 6.04 Å². The van der Waals surface area contributed by atoms with Crippen LogP contribution in [-0.2, 0) is 0 Å². The molecule has 0 bridgehead atoms. The standard InChI is InChI=1S/C10H19N3O/c1-4-8(5-2)12-9(6-3)7-10(11)13-14/h1,8-9,12,14H,5-7H2,2-3H3,(H2,11,13). The first kappa shape index (κ1) is 12.8. The van der Waals surface area contributed by atoms with Crippen molar-refractivity contribution in [2.24, 2.45) is 10.9 Å². The van der Waals surface area contributed by atoms with Gasteiger partial charge in [-0.05, 0) is 12.8 Å². The topological polar surface area (TPSA) is 70.6 Å². The van der Waals surface area contributed by atoms with Crippen LogP contribution < -0.4 is 11.1 Å². The van der Waals surface area contributed by atoms with E-state index in [-0.39, 0.29) is 17.9 Å². The fourth-order valence-corrected chi connectivity index (χ4v) is 1.18. The number of rotatable bonds is 6. The fourth-order valence-electron chi connectivity index (χ4n) is 1.18. The van der Waals surface area contributed by atoms with Crippen LogP contribution in [-0.4, -0.2) is 23.1 Å². The number of amidine groups is 1. The summed E-state index contributed by atoms with van der Waals surface area (Å²) in [6, 6.07) is 0.235. The first-order valence-electron chi connectivity index (χ1n) is 4.86. The number of hydrogen-bond donors (Lipinski definition) is 3. The van der Waals surface area contributed by atoms with Crippen molar-refractivity contribution < 1.29 is 5.21 Å². The predicted octanol–water partition coefficient (Wildman–Crippen LogP) is 0.903. The lowest BCUT2D eigenvalue weighted by molar-refractivity contribution is 0.315. The average molecular weight is 197 g/mol. The van der Waals surface area contributed by atoms with Gasteiger partial charge in [-0.15, -0.1) is 6.42 Å². The van der Waals surface area contributed by atoms with Crippen LogP contribution in [0.3, 0.4) is 0 Å². The predicted molar refractivity (Wildman–Crippen MR) is 58.2 cm³/mol. The second-order valence-corrected chi connectivity index (χ2v) is 3.19. The van der Waals surface area contributed by atoms with Crippen molar-refractivity contribution in [2.75, 3.05) is 0 Å². The van der Waals surface area contributed by atoms with Crippen LogP contribution in [0.4, 0.5) is 0 Å². The molecule has 0 aliphatic heterocycles. The number of terminal acetylenes is 1. The highest BCUT2D eigenvalue weighted by Gasteiger charge is 2.12. The van der Waals surface area contributed by atoms with Gasteiger partial charge < -0.3 is 16.3 Å². The van der Waals surface area contributed by atoms with Crippen LogP contribution in [0.5, 0.6) is 0 Å². The van der Waals surface area contributed by atoms with E-state index in [1.165, 1.54) is 0 Å². The SMILES string of the molecule is C#CC(CC)NC(CC)CC(N)=NO. The summed E-state index contributed by atoms with van der Waals surface area (Å²) >= 11 is 0. The summed E-state index contributed by atoms with van der Waals surface area (Å²) in [6.07, 6.45) is 7.62. The van der Waals surface area contributed by atoms with Crippen molar-refractivity contribution in [3.63, 3.8) is 0 Å². The van der Waals surface area contributed by atoms with Gasteiger partial charge >= 0.3 is 0 Å². The summed E-state index contributed by atoms with van der Waals surface area (Å²) in [6.45, 7) is 4.05. The molecule has 0 saturated carbocycles. The normalized spacial score (nSPS) is 15.9. The molecule has 14 heavy (non-hydrogen) atoms. The Morgan fingerprint density at radius 3 is 2.57 bits per heavy atom. The molecule has 0 heterocycles. The van der Waals surface area contributed by atoms with E-state index in [0.717, 1.165) is 12.8 Å². The lowest BCUT2D eigenvalue weighted by Crippen LogP contribution is -2.39. The maximum absolute atomic E-state index is 8.42. The first-order valence-corrected chi connectivity index (χ1v) is 4.86. The third kappa shape index (κ3) is 4.73. The minimum atomic E-state index is 0.0615. The van der Waals surface area contributed by atoms with E-state index < -0.39 is 0 Å². The molecule has 0 aliphatic rings. The smallest absolute Gasteiger partial charge is 0.140 e. The van der Waals surface area contributed by atoms with Gasteiger partial charge in [-0.3, -0.25) is 0 Å². The molecular formula is C10H19N3O. The first-order chi connectivity index (χ1) is 6.67. The molecule has 2 unspecified atom stereocenters. The van der Waals surface area contributed by atoms with Crippen LogP contribution in [0.25, 0.3) is 0 Å². The highest BCUT2D eigenvalue weighted by atomic mass is 16.4. The zero-order valence-corrected chi connectivity index (χ0v) is 8.83. The summed E-state index contributed by atoms with van der Waals surface area (Å²) in [5, 5.41) is 14.6. The van der Waals surface area contributed by atoms with Gasteiger partial charge in [-0.2, -0.15) is 0 Å². The van der Waals surface area contributed by atoms with E-state index in [9.17, 15) is 0 Å². The Balaban J connectivity index is 4.09. The molecule has 4 N–H and O–H groups in total. The van der Waals surface area contributed by atoms with Crippen LogP contribution in [0.15, 0.2) is 5.16 Å². The molecular weight excluding hydrogens is 178 g/mol. The molecule has 0 amide bonds. The Morgan fingerprint density at radius 2 is 2.21 bits per heavy atom. The van der Waals surface area contributed by atoms with Crippen molar-refractivity contribution >= 4 is 5.84 Å². The number of nitrogens with zero attached hydrogens (tertiary/aromatic N) is 1. The summed E-state index contributed by atoms with van der Waals surface area (Å²) in [4.78, 5) is 0. The Bertz CT molecular complexity index is 220. The highest BCUT2D eigenvalue weighted by molar-refractivity contribution is 5.80. The van der Waals surface area contributed by atoms with E-state index >= 15 is 0 Å². The summed E-state index contributed by atoms with van der Waals surface area (Å²) < 4.78 is 0. The van der Waals surface area contributed by atoms with Crippen LogP contribution in [0.2, 0.25) is 0 Å². The Hall–Kier alpha value is -1.21. The molecule has 0 aliphatic carbocycles. The van der Waals surface area contributed by atoms with Gasteiger partial charge in [0.15, 0.2) is 0 Å². The summed E-state index contributed by atoms with van der Waals surface area (Å²) in [7, 11) is 0. The van der Waals surface area contributed by atoms with Crippen molar-refractivity contribution in [2.45, 2.75) is 45.2 Å². The maximum Gasteiger partial charge on any atom is 0.140 e. The van der Waals surface area contributed by atoms with E-state index in [0.29, 0.717) is 6.42 Å². The summed E-state index contributed by atoms with van der Waals surface area (Å²) in [5.74, 6) is 2.89. The van der Waals surface area contributed by atoms with Crippen LogP contribution in [0.1, 0.15) is 33.1 Å². The number of hydrogen-bond acceptors (Lipinski definition) is 3. The Morgan fingerprint density at radius 1 is 1.57 bits per heavy atom. The molecule has 0 saturated heterocycles. The van der Waals surface area contributed by atoms with Gasteiger partial charge in [0.2, 0.25) is 0 Å². The van der Waals surface area contributed by atoms with E-state index in [4.69, 9.17) is 17.4 Å². The van der Waals surface area contributed by atoms with E-state index in [1.54, 1.807) is 0 Å². The monoisotopic (exact) mass is 197 g/mol. The fraction of sp³-hybridized carbons (Fsp3) is 0.700. The Kier molecular flexibility index (Phi) is 6.59. The molecule has 0 spiro atoms. The third-order valence-corrected chi connectivity index (χ3v) is 2.12. The zero-order valence-electron chi connectivity index (χ0n) is 8.83. The van der Waals surface area contributed by atoms with Crippen LogP contribution >= 0.6 is 0 Å². The lowest BCUT2D eigenvalue weighted by atomic mass is 10.1. The molecule has 4 nitrogen and oxygen atoms in total. The maximum atomic E-state index is 8.42. The molecule has 0 radical (unpaired) electrons. The average Bonchev–Trinajstić information content (AvgIpc) is 2.23. The molecule has 4 heteroatoms. The van der Waals surface area contributed by atoms with Gasteiger partial charge in [0.1, 0.15) is 5.84 Å². The second kappa shape index (κ2) is 7.22. The molecule has 0 rings (SSSR count). The molecule has 0 aromatic carbocycles. The van der Waals surface area contributed by atoms with Crippen LogP contribution in [0, 0.1) is 12.3 Å². The molecule has 0 fully saturated rings. The molecule has 2 atom stereocenters. The number of nitrogens with one attached hydrogen (secondary N) is 1. The van der Waals surface area contributed by atoms with Gasteiger partial charge in [0, 0.05) is 12.5 Å². The highest BCUT2D eigenvalue weighted by Crippen LogP contribution is 2.01. The quantitative estimate of drug-likeness (QED) is 0.195. The zero-order chi connectivity index (χ0) is 11.0. The van der Waals surface area contributed by atoms with Crippen molar-refractivity contribution in [1.29, 1.82) is 0 Å². The number of oxime groups is 1. The number of nitrogens with two attached hydrogens (primary N) is 1. The molecule has 80 valence electrons. The Labute approximate surface area is 85.6 Å². The second-order valence-electron chi connectivity index (χ2n) is 3.19. The van der Waals surface area contributed by atoms with Crippen molar-refractivity contribution in [3.8, 4) is 12.3 Å². The van der Waals surface area contributed by atoms with Gasteiger partial charge in [-0.25, -0.2) is 0 Å².